The molecule has 0 aliphatic carbocycles. The van der Waals surface area contributed by atoms with Crippen LogP contribution in [0.25, 0.3) is 0 Å². The number of nitrogens with zero attached hydrogens (tertiary/aromatic N) is 1. The van der Waals surface area contributed by atoms with E-state index < -0.39 is 170 Å². The number of nitrogens with one attached hydrogen (secondary N) is 8. The predicted molar refractivity (Wildman–Crippen MR) is 420 cm³/mol. The summed E-state index contributed by atoms with van der Waals surface area (Å²) < 4.78 is 54.5. The molecule has 2 fully saturated rings. The minimum Gasteiger partial charge on any atom is -0.481 e. The molecule has 8 amide bonds. The Hall–Kier alpha value is -7.36. The molecule has 0 aromatic heterocycles. The minimum atomic E-state index is -1.54. The van der Waals surface area contributed by atoms with Crippen LogP contribution in [0.5, 0.6) is 0 Å². The van der Waals surface area contributed by atoms with E-state index in [0.29, 0.717) is 84.4 Å². The first-order valence-corrected chi connectivity index (χ1v) is 41.8. The third kappa shape index (κ3) is 50.9. The number of nitrogens with two attached hydrogens (primary N) is 3. The van der Waals surface area contributed by atoms with Gasteiger partial charge in [-0.2, -0.15) is 0 Å². The number of guanidine groups is 1. The average Bonchev–Trinajstić information content (AvgIpc) is 0.986. The van der Waals surface area contributed by atoms with Crippen molar-refractivity contribution in [1.29, 1.82) is 0 Å². The molecule has 2 aliphatic heterocycles. The monoisotopic (exact) mass is 1670 g/mol. The molecule has 7 atom stereocenters. The minimum absolute atomic E-state index is 0.000276. The number of hydrogen-bond donors (Lipinski definition) is 13. The summed E-state index contributed by atoms with van der Waals surface area (Å²) in [6.07, 6.45) is -1.13. The fourth-order valence-corrected chi connectivity index (χ4v) is 14.1. The molecule has 0 spiro atoms. The predicted octanol–water partition coefficient (Wildman–Crippen LogP) is -2.98. The number of carbonyl (C=O) groups excluding carboxylic acids is 13. The van der Waals surface area contributed by atoms with Crippen LogP contribution in [0.2, 0.25) is 0 Å². The van der Waals surface area contributed by atoms with E-state index >= 15 is 0 Å². The Morgan fingerprint density at radius 1 is 0.509 bits per heavy atom. The highest BCUT2D eigenvalue weighted by Gasteiger charge is 2.36. The molecule has 644 valence electrons. The number of aliphatic imine (C=N–C) groups is 1. The number of ether oxygens (including phenoxy) is 10. The number of carboxylic acids is 1. The third-order valence-electron chi connectivity index (χ3n) is 16.7. The number of carboxylic acid groups (broad SMARTS) is 1. The molecule has 0 unspecified atom stereocenters. The molecule has 38 nitrogen and oxygen atoms in total. The number of amides is 8. The van der Waals surface area contributed by atoms with Crippen LogP contribution < -0.4 is 59.7 Å². The number of carbonyl (C=O) groups is 14. The topological polar surface area (TPSA) is 558 Å². The number of aliphatic hydroxyl groups excluding tert-OH is 1. The zero-order valence-corrected chi connectivity index (χ0v) is 67.3. The fraction of sp³-hybridized carbons (Fsp3) is 0.712. The maximum Gasteiger partial charge on any atom is 0.304 e. The van der Waals surface area contributed by atoms with Crippen molar-refractivity contribution in [3.05, 3.63) is 35.9 Å². The second-order valence-corrected chi connectivity index (χ2v) is 29.7. The highest BCUT2D eigenvalue weighted by Crippen LogP contribution is 2.27. The van der Waals surface area contributed by atoms with Crippen LogP contribution in [0.1, 0.15) is 89.0 Å². The summed E-state index contributed by atoms with van der Waals surface area (Å²) >= 11 is 0.957. The van der Waals surface area contributed by atoms with Gasteiger partial charge in [0.1, 0.15) is 32.5 Å². The van der Waals surface area contributed by atoms with Gasteiger partial charge in [-0.25, -0.2) is 0 Å². The number of aliphatic hydroxyl groups is 1. The summed E-state index contributed by atoms with van der Waals surface area (Å²) in [5.74, 6) is -14.7. The van der Waals surface area contributed by atoms with Gasteiger partial charge in [0, 0.05) is 107 Å². The standard InChI is InChI=1S/C73H118N12O26S3/c74-15-22-110-44-55(87)12-7-20-102-25-29-106-30-26-103-21-8-14-61(89)58-47-112-50-67(95)82-57(13-4-5-16-77-65(93)45-111-46-66(94)79-19-24-105-28-32-108-34-36-109-35-33-107-31-27-104-23-18-78-64(92)43-86)72(101)85-60-49-114-113-48-59(63(91)40-53(70(99)83-58)37-51-9-2-1-3-10-51)84-71(100)54(41-68(96)97)38-56(88)42-81-69(98)52(39-62(60)90)11-6-17-80-73(75)76/h1-3,9-10,52-54,57-60,86H,4-8,11-50,74H2,(H,77,93)(H,78,92)(H,79,94)(H,81,98)(H,82,95)(H,83,99)(H,84,100)(H,85,101)(H,96,97)(H4,75,76,80)/t52-,53-,54+,57+,58+,59+,60+/m1/s1. The van der Waals surface area contributed by atoms with Crippen molar-refractivity contribution in [1.82, 2.24) is 42.5 Å². The van der Waals surface area contributed by atoms with Crippen molar-refractivity contribution in [3.63, 3.8) is 0 Å². The molecule has 114 heavy (non-hydrogen) atoms. The average molecular weight is 1680 g/mol. The zero-order valence-electron chi connectivity index (χ0n) is 64.8. The molecule has 1 aromatic carbocycles. The first-order valence-electron chi connectivity index (χ1n) is 38.2. The molecule has 2 heterocycles. The van der Waals surface area contributed by atoms with Crippen LogP contribution in [0.4, 0.5) is 0 Å². The summed E-state index contributed by atoms with van der Waals surface area (Å²) in [6.45, 7) is 3.47. The molecule has 2 bridgehead atoms. The highest BCUT2D eigenvalue weighted by atomic mass is 33.1. The molecule has 16 N–H and O–H groups in total. The first-order chi connectivity index (χ1) is 55.1. The Morgan fingerprint density at radius 3 is 1.60 bits per heavy atom. The van der Waals surface area contributed by atoms with E-state index in [1.54, 1.807) is 30.3 Å². The van der Waals surface area contributed by atoms with E-state index in [4.69, 9.17) is 69.7 Å². The summed E-state index contributed by atoms with van der Waals surface area (Å²) in [5, 5.41) is 39.9. The lowest BCUT2D eigenvalue weighted by molar-refractivity contribution is -0.142. The Morgan fingerprint density at radius 2 is 1.04 bits per heavy atom. The second-order valence-electron chi connectivity index (χ2n) is 26.2. The third-order valence-corrected chi connectivity index (χ3v) is 20.2. The number of thioether (sulfide) groups is 1. The number of fused-ring (bicyclic) bond motifs is 5. The van der Waals surface area contributed by atoms with E-state index in [1.165, 1.54) is 0 Å². The maximum atomic E-state index is 14.9. The van der Waals surface area contributed by atoms with Gasteiger partial charge in [-0.15, -0.1) is 11.8 Å². The molecule has 2 aliphatic rings. The molecule has 1 aromatic rings. The number of aliphatic carboxylic acids is 1. The number of Topliss-reactive ketones (excluding diaryl/α,β-unsaturated/α-hetero) is 5. The smallest absolute Gasteiger partial charge is 0.304 e. The van der Waals surface area contributed by atoms with Gasteiger partial charge in [-0.3, -0.25) is 72.1 Å². The Bertz CT molecular complexity index is 3080. The summed E-state index contributed by atoms with van der Waals surface area (Å²) in [5.41, 5.74) is 17.1. The van der Waals surface area contributed by atoms with E-state index in [9.17, 15) is 72.2 Å². The van der Waals surface area contributed by atoms with Gasteiger partial charge in [-0.1, -0.05) is 51.9 Å². The maximum absolute atomic E-state index is 14.9. The summed E-state index contributed by atoms with van der Waals surface area (Å²) in [6, 6.07) is 3.24. The van der Waals surface area contributed by atoms with E-state index in [0.717, 1.165) is 33.3 Å². The van der Waals surface area contributed by atoms with Crippen LogP contribution in [0, 0.1) is 17.8 Å². The fourth-order valence-electron chi connectivity index (χ4n) is 10.8. The summed E-state index contributed by atoms with van der Waals surface area (Å²) in [7, 11) is 1.98. The van der Waals surface area contributed by atoms with Crippen molar-refractivity contribution in [2.75, 3.05) is 201 Å². The van der Waals surface area contributed by atoms with Crippen LogP contribution in [-0.2, 0) is 121 Å². The lowest BCUT2D eigenvalue weighted by atomic mass is 9.90. The van der Waals surface area contributed by atoms with Crippen molar-refractivity contribution in [3.8, 4) is 0 Å². The highest BCUT2D eigenvalue weighted by molar-refractivity contribution is 8.76. The van der Waals surface area contributed by atoms with Gasteiger partial charge in [0.2, 0.25) is 47.3 Å². The lowest BCUT2D eigenvalue weighted by Crippen LogP contribution is -2.53. The van der Waals surface area contributed by atoms with Crippen molar-refractivity contribution >= 4 is 121 Å². The SMILES string of the molecule is NCCOCC(=O)CCCOCCOCCOCCCC(=O)[C@@H]1CSCC(=O)N[C@@H](CCCCNC(=O)COCC(=O)NCCOCCOCCOCCOCCOCCNC(=O)CO)C(=O)N[C@H]2CSSC[C@H](NC(=O)[C@H](CC(=O)O)CC(=O)CNC(=O)[C@H](CCCN=C(N)N)CC2=O)C(=O)C[C@@H](Cc2ccccc2)C(=O)N1. The van der Waals surface area contributed by atoms with Gasteiger partial charge >= 0.3 is 5.97 Å². The van der Waals surface area contributed by atoms with Crippen LogP contribution in [-0.4, -0.2) is 324 Å². The molecule has 2 saturated heterocycles. The van der Waals surface area contributed by atoms with Gasteiger partial charge < -0.3 is 117 Å². The number of benzene rings is 1. The number of unbranched alkanes of at least 4 members (excludes halogenated alkanes) is 1. The number of rotatable bonds is 55. The van der Waals surface area contributed by atoms with E-state index in [2.05, 4.69) is 47.5 Å². The van der Waals surface area contributed by atoms with Crippen molar-refractivity contribution < 1.29 is 125 Å². The van der Waals surface area contributed by atoms with Gasteiger partial charge in [0.15, 0.2) is 34.9 Å². The van der Waals surface area contributed by atoms with Crippen LogP contribution in [0.15, 0.2) is 35.3 Å². The summed E-state index contributed by atoms with van der Waals surface area (Å²) in [4.78, 5) is 194. The van der Waals surface area contributed by atoms with E-state index in [1.807, 2.05) is 0 Å². The van der Waals surface area contributed by atoms with Crippen LogP contribution in [0.3, 0.4) is 0 Å². The zero-order chi connectivity index (χ0) is 83.2. The molecular weight excluding hydrogens is 1560 g/mol. The molecular formula is C73H118N12O26S3. The number of hydrogen-bond acceptors (Lipinski definition) is 30. The largest absolute Gasteiger partial charge is 0.481 e. The van der Waals surface area contributed by atoms with Crippen molar-refractivity contribution in [2.24, 2.45) is 39.9 Å². The number of ketones is 5. The Labute approximate surface area is 676 Å². The quantitative estimate of drug-likeness (QED) is 0.0134. The molecule has 0 saturated carbocycles. The normalized spacial score (nSPS) is 19.4. The lowest BCUT2D eigenvalue weighted by Gasteiger charge is -2.26. The van der Waals surface area contributed by atoms with Gasteiger partial charge in [0.05, 0.1) is 142 Å². The molecule has 3 rings (SSSR count). The molecule has 41 heteroatoms. The Balaban J connectivity index is 1.77. The first kappa shape index (κ1) is 101. The van der Waals surface area contributed by atoms with Crippen LogP contribution >= 0.6 is 33.3 Å². The van der Waals surface area contributed by atoms with Crippen molar-refractivity contribution in [2.45, 2.75) is 114 Å². The van der Waals surface area contributed by atoms with Gasteiger partial charge in [-0.05, 0) is 56.9 Å². The molecule has 0 radical (unpaired) electrons. The van der Waals surface area contributed by atoms with Gasteiger partial charge in [0.25, 0.3) is 0 Å². The second kappa shape index (κ2) is 64.8. The van der Waals surface area contributed by atoms with E-state index in [-0.39, 0.29) is 172 Å². The Kier molecular flexibility index (Phi) is 57.3.